The summed E-state index contributed by atoms with van der Waals surface area (Å²) in [6, 6.07) is 3.53. The number of rotatable bonds is 4. The average molecular weight is 380 g/mol. The summed E-state index contributed by atoms with van der Waals surface area (Å²) >= 11 is 4.55. The minimum atomic E-state index is -4.37. The van der Waals surface area contributed by atoms with Gasteiger partial charge in [0, 0.05) is 10.0 Å². The molecule has 114 valence electrons. The number of alkyl halides is 3. The van der Waals surface area contributed by atoms with Gasteiger partial charge >= 0.3 is 6.18 Å². The van der Waals surface area contributed by atoms with Crippen molar-refractivity contribution in [3.05, 3.63) is 33.2 Å². The van der Waals surface area contributed by atoms with Crippen LogP contribution in [0.25, 0.3) is 10.6 Å². The molecule has 1 aromatic carbocycles. The molecule has 1 N–H and O–H groups in total. The molecule has 0 aliphatic carbocycles. The first-order valence-corrected chi connectivity index (χ1v) is 7.87. The van der Waals surface area contributed by atoms with Crippen molar-refractivity contribution in [3.8, 4) is 10.6 Å². The number of benzene rings is 1. The van der Waals surface area contributed by atoms with Crippen molar-refractivity contribution in [3.63, 3.8) is 0 Å². The molecule has 1 atom stereocenters. The SMILES string of the molecule is CCNC(C)c1nnc(-c2cc(C(F)(F)F)ccc2Br)s1. The Hall–Kier alpha value is -0.990. The molecule has 1 aromatic heterocycles. The summed E-state index contributed by atoms with van der Waals surface area (Å²) in [6.07, 6.45) is -4.37. The molecule has 0 fully saturated rings. The normalized spacial score (nSPS) is 13.4. The van der Waals surface area contributed by atoms with Crippen LogP contribution in [0.5, 0.6) is 0 Å². The van der Waals surface area contributed by atoms with E-state index >= 15 is 0 Å². The van der Waals surface area contributed by atoms with Gasteiger partial charge in [-0.2, -0.15) is 13.2 Å². The molecule has 2 rings (SSSR count). The number of hydrogen-bond donors (Lipinski definition) is 1. The zero-order valence-corrected chi connectivity index (χ0v) is 13.7. The van der Waals surface area contributed by atoms with Gasteiger partial charge in [0.15, 0.2) is 0 Å². The lowest BCUT2D eigenvalue weighted by Crippen LogP contribution is -2.17. The monoisotopic (exact) mass is 379 g/mol. The molecule has 0 bridgehead atoms. The predicted molar refractivity (Wildman–Crippen MR) is 80.1 cm³/mol. The van der Waals surface area contributed by atoms with Crippen molar-refractivity contribution in [1.82, 2.24) is 15.5 Å². The lowest BCUT2D eigenvalue weighted by atomic mass is 10.1. The first kappa shape index (κ1) is 16.4. The topological polar surface area (TPSA) is 37.8 Å². The second kappa shape index (κ2) is 6.41. The molecule has 0 saturated heterocycles. The highest BCUT2D eigenvalue weighted by molar-refractivity contribution is 9.10. The zero-order valence-electron chi connectivity index (χ0n) is 11.3. The third-order valence-corrected chi connectivity index (χ3v) is 4.68. The Balaban J connectivity index is 2.38. The van der Waals surface area contributed by atoms with Gasteiger partial charge in [0.25, 0.3) is 0 Å². The highest BCUT2D eigenvalue weighted by Gasteiger charge is 2.31. The molecule has 3 nitrogen and oxygen atoms in total. The van der Waals surface area contributed by atoms with Gasteiger partial charge in [-0.3, -0.25) is 0 Å². The van der Waals surface area contributed by atoms with Crippen molar-refractivity contribution in [1.29, 1.82) is 0 Å². The second-order valence-electron chi connectivity index (χ2n) is 4.42. The first-order chi connectivity index (χ1) is 9.82. The van der Waals surface area contributed by atoms with Crippen LogP contribution in [0, 0.1) is 0 Å². The minimum Gasteiger partial charge on any atom is -0.308 e. The summed E-state index contributed by atoms with van der Waals surface area (Å²) in [4.78, 5) is 0. The van der Waals surface area contributed by atoms with Crippen LogP contribution in [0.15, 0.2) is 22.7 Å². The van der Waals surface area contributed by atoms with Crippen LogP contribution in [0.3, 0.4) is 0 Å². The standard InChI is InChI=1S/C13H13BrF3N3S/c1-3-18-7(2)11-19-20-12(21-11)9-6-8(13(15,16)17)4-5-10(9)14/h4-7,18H,3H2,1-2H3. The lowest BCUT2D eigenvalue weighted by molar-refractivity contribution is -0.137. The molecule has 1 unspecified atom stereocenters. The predicted octanol–water partition coefficient (Wildman–Crippen LogP) is 4.66. The summed E-state index contributed by atoms with van der Waals surface area (Å²) in [6.45, 7) is 4.69. The van der Waals surface area contributed by atoms with E-state index in [1.54, 1.807) is 0 Å². The highest BCUT2D eigenvalue weighted by Crippen LogP contribution is 2.37. The van der Waals surface area contributed by atoms with E-state index in [-0.39, 0.29) is 6.04 Å². The summed E-state index contributed by atoms with van der Waals surface area (Å²) in [5.41, 5.74) is -0.297. The number of halogens is 4. The summed E-state index contributed by atoms with van der Waals surface area (Å²) in [5.74, 6) is 0. The Kier molecular flexibility index (Phi) is 5.00. The van der Waals surface area contributed by atoms with Crippen molar-refractivity contribution in [2.75, 3.05) is 6.54 Å². The maximum atomic E-state index is 12.8. The van der Waals surface area contributed by atoms with Crippen molar-refractivity contribution in [2.24, 2.45) is 0 Å². The van der Waals surface area contributed by atoms with E-state index in [4.69, 9.17) is 0 Å². The molecular formula is C13H13BrF3N3S. The molecule has 0 saturated carbocycles. The molecule has 0 aliphatic heterocycles. The van der Waals surface area contributed by atoms with Gasteiger partial charge in [-0.15, -0.1) is 10.2 Å². The van der Waals surface area contributed by atoms with E-state index in [2.05, 4.69) is 31.4 Å². The highest BCUT2D eigenvalue weighted by atomic mass is 79.9. The van der Waals surface area contributed by atoms with Crippen molar-refractivity contribution >= 4 is 27.3 Å². The fourth-order valence-corrected chi connectivity index (χ4v) is 3.24. The van der Waals surface area contributed by atoms with Gasteiger partial charge < -0.3 is 5.32 Å². The van der Waals surface area contributed by atoms with Crippen LogP contribution in [-0.4, -0.2) is 16.7 Å². The zero-order chi connectivity index (χ0) is 15.6. The number of nitrogens with one attached hydrogen (secondary N) is 1. The molecule has 1 heterocycles. The molecule has 0 aliphatic rings. The smallest absolute Gasteiger partial charge is 0.308 e. The summed E-state index contributed by atoms with van der Waals surface area (Å²) < 4.78 is 38.9. The average Bonchev–Trinajstić information content (AvgIpc) is 2.87. The van der Waals surface area contributed by atoms with Gasteiger partial charge in [0.1, 0.15) is 10.0 Å². The van der Waals surface area contributed by atoms with E-state index in [1.807, 2.05) is 13.8 Å². The van der Waals surface area contributed by atoms with Gasteiger partial charge in [0.05, 0.1) is 11.6 Å². The molecule has 0 amide bonds. The molecular weight excluding hydrogens is 367 g/mol. The largest absolute Gasteiger partial charge is 0.416 e. The minimum absolute atomic E-state index is 0.0193. The Morgan fingerprint density at radius 1 is 1.33 bits per heavy atom. The van der Waals surface area contributed by atoms with E-state index in [0.717, 1.165) is 23.7 Å². The van der Waals surface area contributed by atoms with Crippen LogP contribution in [0.1, 0.15) is 30.5 Å². The fourth-order valence-electron chi connectivity index (χ4n) is 1.78. The second-order valence-corrected chi connectivity index (χ2v) is 6.28. The molecule has 21 heavy (non-hydrogen) atoms. The lowest BCUT2D eigenvalue weighted by Gasteiger charge is -2.09. The number of aromatic nitrogens is 2. The third kappa shape index (κ3) is 3.81. The van der Waals surface area contributed by atoms with Gasteiger partial charge in [-0.25, -0.2) is 0 Å². The van der Waals surface area contributed by atoms with Crippen LogP contribution < -0.4 is 5.32 Å². The van der Waals surface area contributed by atoms with Crippen LogP contribution in [0.2, 0.25) is 0 Å². The van der Waals surface area contributed by atoms with Gasteiger partial charge in [-0.05, 0) is 31.7 Å². The van der Waals surface area contributed by atoms with Crippen molar-refractivity contribution < 1.29 is 13.2 Å². The number of nitrogens with zero attached hydrogens (tertiary/aromatic N) is 2. The quantitative estimate of drug-likeness (QED) is 0.839. The molecule has 0 radical (unpaired) electrons. The van der Waals surface area contributed by atoms with Crippen molar-refractivity contribution in [2.45, 2.75) is 26.1 Å². The van der Waals surface area contributed by atoms with Crippen LogP contribution in [0.4, 0.5) is 13.2 Å². The maximum Gasteiger partial charge on any atom is 0.416 e. The van der Waals surface area contributed by atoms with Crippen LogP contribution >= 0.6 is 27.3 Å². The third-order valence-electron chi connectivity index (χ3n) is 2.85. The molecule has 2 aromatic rings. The molecule has 8 heteroatoms. The Morgan fingerprint density at radius 2 is 2.05 bits per heavy atom. The van der Waals surface area contributed by atoms with E-state index in [1.165, 1.54) is 17.4 Å². The first-order valence-electron chi connectivity index (χ1n) is 6.26. The Bertz CT molecular complexity index is 627. The van der Waals surface area contributed by atoms with E-state index in [0.29, 0.717) is 15.0 Å². The van der Waals surface area contributed by atoms with Gasteiger partial charge in [-0.1, -0.05) is 34.2 Å². The summed E-state index contributed by atoms with van der Waals surface area (Å²) in [7, 11) is 0. The Labute approximate surface area is 132 Å². The molecule has 0 spiro atoms. The van der Waals surface area contributed by atoms with E-state index in [9.17, 15) is 13.2 Å². The fraction of sp³-hybridized carbons (Fsp3) is 0.385. The number of hydrogen-bond acceptors (Lipinski definition) is 4. The van der Waals surface area contributed by atoms with Crippen LogP contribution in [-0.2, 0) is 6.18 Å². The maximum absolute atomic E-state index is 12.8. The van der Waals surface area contributed by atoms with E-state index < -0.39 is 11.7 Å². The van der Waals surface area contributed by atoms with Gasteiger partial charge in [0.2, 0.25) is 0 Å². The Morgan fingerprint density at radius 3 is 2.67 bits per heavy atom. The summed E-state index contributed by atoms with van der Waals surface area (Å²) in [5, 5.41) is 12.5.